The van der Waals surface area contributed by atoms with Crippen LogP contribution in [0.1, 0.15) is 10.4 Å². The van der Waals surface area contributed by atoms with Crippen LogP contribution in [0.3, 0.4) is 0 Å². The molecule has 0 aliphatic carbocycles. The molecule has 0 atom stereocenters. The Balaban J connectivity index is 2.75. The Morgan fingerprint density at radius 1 is 1.30 bits per heavy atom. The van der Waals surface area contributed by atoms with E-state index in [1.807, 2.05) is 0 Å². The number of benzene rings is 2. The lowest BCUT2D eigenvalue weighted by atomic mass is 10.0. The van der Waals surface area contributed by atoms with Gasteiger partial charge < -0.3 is 10.8 Å². The molecule has 0 saturated heterocycles. The molecule has 3 N–H and O–H groups in total. The summed E-state index contributed by atoms with van der Waals surface area (Å²) in [6.07, 6.45) is 0. The number of carbonyl (C=O) groups is 1. The summed E-state index contributed by atoms with van der Waals surface area (Å²) < 4.78 is 27.1. The molecule has 2 aromatic rings. The predicted molar refractivity (Wildman–Crippen MR) is 80.9 cm³/mol. The standard InChI is InChI=1S/C13H7ClF2INO2/c14-8-4-7(13(19)20)12(18)11(17)10(8)6-2-1-5(15)3-9(6)16/h1-4H,18H2,(H,19,20). The molecule has 0 aromatic heterocycles. The first-order valence-corrected chi connectivity index (χ1v) is 6.74. The number of carboxylic acid groups (broad SMARTS) is 1. The van der Waals surface area contributed by atoms with Crippen molar-refractivity contribution >= 4 is 45.8 Å². The Morgan fingerprint density at radius 2 is 1.95 bits per heavy atom. The highest BCUT2D eigenvalue weighted by atomic mass is 127. The molecule has 0 spiro atoms. The minimum absolute atomic E-state index is 0.0128. The van der Waals surface area contributed by atoms with E-state index in [2.05, 4.69) is 0 Å². The van der Waals surface area contributed by atoms with Gasteiger partial charge in [0.25, 0.3) is 0 Å². The van der Waals surface area contributed by atoms with Crippen molar-refractivity contribution in [2.75, 3.05) is 5.73 Å². The van der Waals surface area contributed by atoms with Crippen molar-refractivity contribution in [3.05, 3.63) is 50.1 Å². The highest BCUT2D eigenvalue weighted by Crippen LogP contribution is 2.39. The summed E-state index contributed by atoms with van der Waals surface area (Å²) >= 11 is 7.80. The molecular weight excluding hydrogens is 403 g/mol. The van der Waals surface area contributed by atoms with Gasteiger partial charge in [0.1, 0.15) is 11.6 Å². The van der Waals surface area contributed by atoms with Crippen molar-refractivity contribution in [2.45, 2.75) is 0 Å². The van der Waals surface area contributed by atoms with E-state index in [1.165, 1.54) is 6.07 Å². The van der Waals surface area contributed by atoms with E-state index in [1.54, 1.807) is 22.6 Å². The fourth-order valence-electron chi connectivity index (χ4n) is 1.75. The second kappa shape index (κ2) is 5.53. The van der Waals surface area contributed by atoms with Gasteiger partial charge in [-0.2, -0.15) is 0 Å². The number of anilines is 1. The van der Waals surface area contributed by atoms with Gasteiger partial charge >= 0.3 is 5.97 Å². The predicted octanol–water partition coefficient (Wildman–Crippen LogP) is 4.17. The Morgan fingerprint density at radius 3 is 2.50 bits per heavy atom. The van der Waals surface area contributed by atoms with Crippen LogP contribution < -0.4 is 5.73 Å². The molecule has 0 aliphatic rings. The highest BCUT2D eigenvalue weighted by Gasteiger charge is 2.20. The van der Waals surface area contributed by atoms with Crippen LogP contribution in [0.15, 0.2) is 24.3 Å². The highest BCUT2D eigenvalue weighted by molar-refractivity contribution is 14.1. The molecule has 0 unspecified atom stereocenters. The number of halogens is 4. The van der Waals surface area contributed by atoms with Crippen LogP contribution in [-0.2, 0) is 0 Å². The average molecular weight is 410 g/mol. The summed E-state index contributed by atoms with van der Waals surface area (Å²) in [6, 6.07) is 4.20. The van der Waals surface area contributed by atoms with Crippen LogP contribution in [0.4, 0.5) is 14.5 Å². The molecule has 2 rings (SSSR count). The van der Waals surface area contributed by atoms with Crippen LogP contribution in [-0.4, -0.2) is 11.1 Å². The molecule has 0 fully saturated rings. The third-order valence-corrected chi connectivity index (χ3v) is 4.11. The number of hydrogen-bond donors (Lipinski definition) is 2. The monoisotopic (exact) mass is 409 g/mol. The van der Waals surface area contributed by atoms with Gasteiger partial charge in [0.2, 0.25) is 0 Å². The van der Waals surface area contributed by atoms with E-state index >= 15 is 0 Å². The molecule has 0 bridgehead atoms. The molecule has 0 amide bonds. The fourth-order valence-corrected chi connectivity index (χ4v) is 3.09. The van der Waals surface area contributed by atoms with Crippen LogP contribution in [0.2, 0.25) is 5.02 Å². The van der Waals surface area contributed by atoms with Gasteiger partial charge in [-0.05, 0) is 40.8 Å². The van der Waals surface area contributed by atoms with Gasteiger partial charge in [0.15, 0.2) is 0 Å². The second-order valence-electron chi connectivity index (χ2n) is 3.94. The first-order chi connectivity index (χ1) is 9.32. The lowest BCUT2D eigenvalue weighted by Crippen LogP contribution is -2.06. The number of nitrogens with two attached hydrogens (primary N) is 1. The van der Waals surface area contributed by atoms with Crippen molar-refractivity contribution < 1.29 is 18.7 Å². The van der Waals surface area contributed by atoms with Gasteiger partial charge in [0.05, 0.1) is 16.3 Å². The first kappa shape index (κ1) is 15.0. The third kappa shape index (κ3) is 2.57. The normalized spacial score (nSPS) is 10.6. The SMILES string of the molecule is Nc1c(C(=O)O)cc(Cl)c(-c2ccc(F)cc2F)c1I. The molecule has 3 nitrogen and oxygen atoms in total. The largest absolute Gasteiger partial charge is 0.478 e. The van der Waals surface area contributed by atoms with E-state index in [0.717, 1.165) is 18.2 Å². The molecule has 0 saturated carbocycles. The summed E-state index contributed by atoms with van der Waals surface area (Å²) in [4.78, 5) is 11.0. The van der Waals surface area contributed by atoms with Crippen molar-refractivity contribution in [3.8, 4) is 11.1 Å². The van der Waals surface area contributed by atoms with Crippen LogP contribution in [0.25, 0.3) is 11.1 Å². The smallest absolute Gasteiger partial charge is 0.337 e. The summed E-state index contributed by atoms with van der Waals surface area (Å²) in [7, 11) is 0. The van der Waals surface area contributed by atoms with Crippen LogP contribution >= 0.6 is 34.2 Å². The number of aromatic carboxylic acids is 1. The van der Waals surface area contributed by atoms with Gasteiger partial charge in [-0.25, -0.2) is 13.6 Å². The van der Waals surface area contributed by atoms with Gasteiger partial charge in [-0.1, -0.05) is 11.6 Å². The second-order valence-corrected chi connectivity index (χ2v) is 5.42. The maximum absolute atomic E-state index is 13.8. The molecular formula is C13H7ClF2INO2. The molecule has 0 heterocycles. The van der Waals surface area contributed by atoms with E-state index in [-0.39, 0.29) is 27.4 Å². The summed E-state index contributed by atoms with van der Waals surface area (Å²) in [6.45, 7) is 0. The summed E-state index contributed by atoms with van der Waals surface area (Å²) in [5.41, 5.74) is 5.86. The zero-order chi connectivity index (χ0) is 15.0. The number of nitrogen functional groups attached to an aromatic ring is 1. The quantitative estimate of drug-likeness (QED) is 0.578. The molecule has 7 heteroatoms. The Kier molecular flexibility index (Phi) is 4.14. The van der Waals surface area contributed by atoms with Crippen LogP contribution in [0, 0.1) is 15.2 Å². The maximum Gasteiger partial charge on any atom is 0.337 e. The average Bonchev–Trinajstić information content (AvgIpc) is 2.36. The van der Waals surface area contributed by atoms with E-state index in [9.17, 15) is 13.6 Å². The summed E-state index contributed by atoms with van der Waals surface area (Å²) in [5.74, 6) is -2.74. The molecule has 104 valence electrons. The van der Waals surface area contributed by atoms with Crippen molar-refractivity contribution in [3.63, 3.8) is 0 Å². The van der Waals surface area contributed by atoms with Crippen LogP contribution in [0.5, 0.6) is 0 Å². The minimum Gasteiger partial charge on any atom is -0.478 e. The van der Waals surface area contributed by atoms with Gasteiger partial charge in [0, 0.05) is 20.8 Å². The molecule has 0 aliphatic heterocycles. The molecule has 0 radical (unpaired) electrons. The number of hydrogen-bond acceptors (Lipinski definition) is 2. The molecule has 2 aromatic carbocycles. The van der Waals surface area contributed by atoms with Gasteiger partial charge in [-0.3, -0.25) is 0 Å². The van der Waals surface area contributed by atoms with E-state index in [0.29, 0.717) is 3.57 Å². The third-order valence-electron chi connectivity index (χ3n) is 2.69. The lowest BCUT2D eigenvalue weighted by Gasteiger charge is -2.13. The Bertz CT molecular complexity index is 722. The van der Waals surface area contributed by atoms with Crippen molar-refractivity contribution in [2.24, 2.45) is 0 Å². The zero-order valence-corrected chi connectivity index (χ0v) is 12.7. The topological polar surface area (TPSA) is 63.3 Å². The first-order valence-electron chi connectivity index (χ1n) is 5.29. The number of rotatable bonds is 2. The van der Waals surface area contributed by atoms with Crippen molar-refractivity contribution in [1.82, 2.24) is 0 Å². The van der Waals surface area contributed by atoms with E-state index in [4.69, 9.17) is 22.4 Å². The minimum atomic E-state index is -1.23. The zero-order valence-electron chi connectivity index (χ0n) is 9.75. The Labute approximate surface area is 131 Å². The fraction of sp³-hybridized carbons (Fsp3) is 0. The number of carboxylic acids is 1. The maximum atomic E-state index is 13.8. The van der Waals surface area contributed by atoms with E-state index < -0.39 is 17.6 Å². The van der Waals surface area contributed by atoms with Gasteiger partial charge in [-0.15, -0.1) is 0 Å². The van der Waals surface area contributed by atoms with Crippen molar-refractivity contribution in [1.29, 1.82) is 0 Å². The lowest BCUT2D eigenvalue weighted by molar-refractivity contribution is 0.0698. The molecule has 20 heavy (non-hydrogen) atoms. The summed E-state index contributed by atoms with van der Waals surface area (Å²) in [5, 5.41) is 9.04. The Hall–Kier alpha value is -1.41.